The second-order valence-corrected chi connectivity index (χ2v) is 7.35. The summed E-state index contributed by atoms with van der Waals surface area (Å²) in [5.41, 5.74) is 3.44. The summed E-state index contributed by atoms with van der Waals surface area (Å²) >= 11 is 0. The van der Waals surface area contributed by atoms with E-state index in [0.29, 0.717) is 12.3 Å². The molecule has 1 aliphatic rings. The summed E-state index contributed by atoms with van der Waals surface area (Å²) in [5, 5.41) is 0. The van der Waals surface area contributed by atoms with Crippen LogP contribution in [0.1, 0.15) is 25.0 Å². The van der Waals surface area contributed by atoms with Crippen molar-refractivity contribution in [3.63, 3.8) is 0 Å². The van der Waals surface area contributed by atoms with E-state index in [1.165, 1.54) is 5.56 Å². The number of aryl methyl sites for hydroxylation is 1. The van der Waals surface area contributed by atoms with Crippen LogP contribution in [0.25, 0.3) is 11.3 Å². The zero-order valence-corrected chi connectivity index (χ0v) is 15.4. The zero-order valence-electron chi connectivity index (χ0n) is 15.4. The van der Waals surface area contributed by atoms with Crippen LogP contribution in [0.2, 0.25) is 0 Å². The van der Waals surface area contributed by atoms with E-state index >= 15 is 0 Å². The van der Waals surface area contributed by atoms with Gasteiger partial charge in [-0.2, -0.15) is 0 Å². The van der Waals surface area contributed by atoms with E-state index in [0.717, 1.165) is 56.2 Å². The van der Waals surface area contributed by atoms with Gasteiger partial charge in [0.25, 0.3) is 0 Å². The van der Waals surface area contributed by atoms with E-state index in [1.54, 1.807) is 0 Å². The smallest absolute Gasteiger partial charge is 0.222 e. The van der Waals surface area contributed by atoms with Crippen LogP contribution in [0.3, 0.4) is 0 Å². The highest BCUT2D eigenvalue weighted by Crippen LogP contribution is 2.20. The Hall–Kier alpha value is -2.07. The Kier molecular flexibility index (Phi) is 5.92. The molecule has 4 nitrogen and oxygen atoms in total. The number of nitrogens with zero attached hydrogens (tertiary/aromatic N) is 2. The number of carbonyl (C=O) groups is 1. The van der Waals surface area contributed by atoms with Gasteiger partial charge in [-0.25, -0.2) is 0 Å². The highest BCUT2D eigenvalue weighted by Gasteiger charge is 2.22. The van der Waals surface area contributed by atoms with Gasteiger partial charge in [-0.05, 0) is 57.0 Å². The van der Waals surface area contributed by atoms with Crippen molar-refractivity contribution in [1.29, 1.82) is 0 Å². The molecule has 134 valence electrons. The van der Waals surface area contributed by atoms with Crippen molar-refractivity contribution in [3.05, 3.63) is 48.2 Å². The van der Waals surface area contributed by atoms with Crippen LogP contribution in [-0.4, -0.2) is 54.4 Å². The number of H-pyrrole nitrogens is 1. The standard InChI is InChI=1S/C21H29N3O/c1-23(2)16-17-12-14-24(15-13-17)21(25)11-9-19-8-10-20(22-19)18-6-4-3-5-7-18/h3-8,10,17,22H,9,11-16H2,1-2H3. The van der Waals surface area contributed by atoms with Crippen LogP contribution in [0.4, 0.5) is 0 Å². The van der Waals surface area contributed by atoms with Crippen LogP contribution in [0.15, 0.2) is 42.5 Å². The first kappa shape index (κ1) is 17.7. The predicted octanol–water partition coefficient (Wildman–Crippen LogP) is 3.41. The molecule has 0 radical (unpaired) electrons. The Balaban J connectivity index is 1.46. The van der Waals surface area contributed by atoms with Gasteiger partial charge in [-0.3, -0.25) is 4.79 Å². The SMILES string of the molecule is CN(C)CC1CCN(C(=O)CCc2ccc(-c3ccccc3)[nH]2)CC1. The first-order chi connectivity index (χ1) is 12.1. The number of nitrogens with one attached hydrogen (secondary N) is 1. The predicted molar refractivity (Wildman–Crippen MR) is 102 cm³/mol. The van der Waals surface area contributed by atoms with Crippen LogP contribution in [0, 0.1) is 5.92 Å². The molecule has 1 saturated heterocycles. The molecule has 0 saturated carbocycles. The quantitative estimate of drug-likeness (QED) is 0.876. The van der Waals surface area contributed by atoms with E-state index in [2.05, 4.69) is 48.2 Å². The van der Waals surface area contributed by atoms with Crippen molar-refractivity contribution in [3.8, 4) is 11.3 Å². The number of rotatable bonds is 6. The van der Waals surface area contributed by atoms with Gasteiger partial charge in [0.1, 0.15) is 0 Å². The molecule has 1 N–H and O–H groups in total. The molecule has 1 aliphatic heterocycles. The van der Waals surface area contributed by atoms with Gasteiger partial charge in [-0.15, -0.1) is 0 Å². The number of benzene rings is 1. The van der Waals surface area contributed by atoms with Gasteiger partial charge >= 0.3 is 0 Å². The van der Waals surface area contributed by atoms with Crippen molar-refractivity contribution in [2.24, 2.45) is 5.92 Å². The third kappa shape index (κ3) is 4.95. The number of hydrogen-bond donors (Lipinski definition) is 1. The Bertz CT molecular complexity index is 669. The van der Waals surface area contributed by atoms with Gasteiger partial charge < -0.3 is 14.8 Å². The van der Waals surface area contributed by atoms with E-state index in [1.807, 2.05) is 23.1 Å². The molecule has 1 aromatic carbocycles. The summed E-state index contributed by atoms with van der Waals surface area (Å²) in [6.45, 7) is 2.96. The van der Waals surface area contributed by atoms with Crippen molar-refractivity contribution in [1.82, 2.24) is 14.8 Å². The van der Waals surface area contributed by atoms with Crippen LogP contribution in [0.5, 0.6) is 0 Å². The van der Waals surface area contributed by atoms with Crippen molar-refractivity contribution >= 4 is 5.91 Å². The Morgan fingerprint density at radius 1 is 1.12 bits per heavy atom. The van der Waals surface area contributed by atoms with E-state index in [9.17, 15) is 4.79 Å². The van der Waals surface area contributed by atoms with E-state index in [-0.39, 0.29) is 0 Å². The van der Waals surface area contributed by atoms with Crippen molar-refractivity contribution in [2.45, 2.75) is 25.7 Å². The highest BCUT2D eigenvalue weighted by atomic mass is 16.2. The van der Waals surface area contributed by atoms with E-state index < -0.39 is 0 Å². The molecule has 1 aromatic heterocycles. The molecule has 0 atom stereocenters. The zero-order chi connectivity index (χ0) is 17.6. The van der Waals surface area contributed by atoms with Crippen LogP contribution in [-0.2, 0) is 11.2 Å². The lowest BCUT2D eigenvalue weighted by molar-refractivity contribution is -0.132. The number of hydrogen-bond acceptors (Lipinski definition) is 2. The Morgan fingerprint density at radius 2 is 1.84 bits per heavy atom. The maximum Gasteiger partial charge on any atom is 0.222 e. The summed E-state index contributed by atoms with van der Waals surface area (Å²) in [6.07, 6.45) is 3.63. The molecule has 0 aliphatic carbocycles. The molecule has 25 heavy (non-hydrogen) atoms. The molecule has 2 heterocycles. The third-order valence-electron chi connectivity index (χ3n) is 5.03. The maximum atomic E-state index is 12.5. The van der Waals surface area contributed by atoms with Gasteiger partial charge in [0.2, 0.25) is 5.91 Å². The number of likely N-dealkylation sites (tertiary alicyclic amines) is 1. The summed E-state index contributed by atoms with van der Waals surface area (Å²) in [6, 6.07) is 14.5. The minimum Gasteiger partial charge on any atom is -0.358 e. The van der Waals surface area contributed by atoms with E-state index in [4.69, 9.17) is 0 Å². The molecule has 1 amide bonds. The molecular formula is C21H29N3O. The molecule has 2 aromatic rings. The average molecular weight is 339 g/mol. The van der Waals surface area contributed by atoms with Crippen LogP contribution >= 0.6 is 0 Å². The lowest BCUT2D eigenvalue weighted by atomic mass is 9.96. The minimum atomic E-state index is 0.291. The fraction of sp³-hybridized carbons (Fsp3) is 0.476. The highest BCUT2D eigenvalue weighted by molar-refractivity contribution is 5.76. The second-order valence-electron chi connectivity index (χ2n) is 7.35. The molecule has 3 rings (SSSR count). The second kappa shape index (κ2) is 8.34. The van der Waals surface area contributed by atoms with Crippen LogP contribution < -0.4 is 0 Å². The van der Waals surface area contributed by atoms with Gasteiger partial charge in [0, 0.05) is 37.4 Å². The number of aromatic amines is 1. The summed E-state index contributed by atoms with van der Waals surface area (Å²) < 4.78 is 0. The lowest BCUT2D eigenvalue weighted by Gasteiger charge is -2.33. The minimum absolute atomic E-state index is 0.291. The number of amides is 1. The Morgan fingerprint density at radius 3 is 2.52 bits per heavy atom. The van der Waals surface area contributed by atoms with Crippen molar-refractivity contribution < 1.29 is 4.79 Å². The summed E-state index contributed by atoms with van der Waals surface area (Å²) in [5.74, 6) is 1.02. The molecule has 4 heteroatoms. The number of piperidine rings is 1. The Labute approximate surface area is 150 Å². The number of aromatic nitrogens is 1. The topological polar surface area (TPSA) is 39.3 Å². The molecule has 0 spiro atoms. The maximum absolute atomic E-state index is 12.5. The fourth-order valence-electron chi connectivity index (χ4n) is 3.65. The first-order valence-corrected chi connectivity index (χ1v) is 9.27. The van der Waals surface area contributed by atoms with Gasteiger partial charge in [0.15, 0.2) is 0 Å². The lowest BCUT2D eigenvalue weighted by Crippen LogP contribution is -2.40. The monoisotopic (exact) mass is 339 g/mol. The summed E-state index contributed by atoms with van der Waals surface area (Å²) in [7, 11) is 4.25. The van der Waals surface area contributed by atoms with Gasteiger partial charge in [0.05, 0.1) is 0 Å². The molecule has 0 unspecified atom stereocenters. The molecule has 0 bridgehead atoms. The van der Waals surface area contributed by atoms with Crippen molar-refractivity contribution in [2.75, 3.05) is 33.7 Å². The average Bonchev–Trinajstić information content (AvgIpc) is 3.10. The van der Waals surface area contributed by atoms with Gasteiger partial charge in [-0.1, -0.05) is 30.3 Å². The molecular weight excluding hydrogens is 310 g/mol. The third-order valence-corrected chi connectivity index (χ3v) is 5.03. The summed E-state index contributed by atoms with van der Waals surface area (Å²) in [4.78, 5) is 20.2. The largest absolute Gasteiger partial charge is 0.358 e. The molecule has 1 fully saturated rings. The fourth-order valence-corrected chi connectivity index (χ4v) is 3.65. The normalized spacial score (nSPS) is 15.7. The number of carbonyl (C=O) groups excluding carboxylic acids is 1. The first-order valence-electron chi connectivity index (χ1n) is 9.27.